The summed E-state index contributed by atoms with van der Waals surface area (Å²) in [7, 11) is 0. The number of nitrogens with zero attached hydrogens (tertiary/aromatic N) is 4. The summed E-state index contributed by atoms with van der Waals surface area (Å²) >= 11 is 0. The maximum absolute atomic E-state index is 10.8. The monoisotopic (exact) mass is 281 g/mol. The molecule has 1 aromatic carbocycles. The van der Waals surface area contributed by atoms with Gasteiger partial charge >= 0.3 is 0 Å². The van der Waals surface area contributed by atoms with Crippen LogP contribution in [0.5, 0.6) is 0 Å². The molecular formula is C14H11N5O2. The molecule has 3 rings (SSSR count). The Labute approximate surface area is 119 Å². The highest BCUT2D eigenvalue weighted by molar-refractivity contribution is 5.71. The van der Waals surface area contributed by atoms with Crippen LogP contribution < -0.4 is 5.73 Å². The fourth-order valence-electron chi connectivity index (χ4n) is 2.00. The molecule has 7 nitrogen and oxygen atoms in total. The summed E-state index contributed by atoms with van der Waals surface area (Å²) in [4.78, 5) is 14.4. The molecule has 2 heterocycles. The summed E-state index contributed by atoms with van der Waals surface area (Å²) in [5.74, 6) is 0. The maximum atomic E-state index is 10.8. The average Bonchev–Trinajstić information content (AvgIpc) is 2.90. The Hall–Kier alpha value is -3.22. The van der Waals surface area contributed by atoms with Gasteiger partial charge in [0.1, 0.15) is 5.69 Å². The van der Waals surface area contributed by atoms with Crippen LogP contribution in [0.3, 0.4) is 0 Å². The Morgan fingerprint density at radius 2 is 2.10 bits per heavy atom. The van der Waals surface area contributed by atoms with Crippen molar-refractivity contribution in [2.75, 3.05) is 5.73 Å². The average molecular weight is 281 g/mol. The van der Waals surface area contributed by atoms with Crippen molar-refractivity contribution < 1.29 is 4.92 Å². The SMILES string of the molecule is Nc1cn(-c2cccc([N+](=O)[O-])c2)nc1-c1cccnc1. The van der Waals surface area contributed by atoms with Gasteiger partial charge < -0.3 is 5.73 Å². The van der Waals surface area contributed by atoms with E-state index in [0.29, 0.717) is 17.1 Å². The summed E-state index contributed by atoms with van der Waals surface area (Å²) in [6.45, 7) is 0. The number of nitro groups is 1. The lowest BCUT2D eigenvalue weighted by molar-refractivity contribution is -0.384. The Kier molecular flexibility index (Phi) is 3.07. The highest BCUT2D eigenvalue weighted by Gasteiger charge is 2.12. The van der Waals surface area contributed by atoms with Gasteiger partial charge in [-0.3, -0.25) is 15.1 Å². The van der Waals surface area contributed by atoms with Gasteiger partial charge in [-0.1, -0.05) is 6.07 Å². The summed E-state index contributed by atoms with van der Waals surface area (Å²) in [5.41, 5.74) is 8.41. The summed E-state index contributed by atoms with van der Waals surface area (Å²) in [6.07, 6.45) is 4.95. The van der Waals surface area contributed by atoms with E-state index in [1.165, 1.54) is 16.8 Å². The van der Waals surface area contributed by atoms with Crippen molar-refractivity contribution in [3.8, 4) is 16.9 Å². The topological polar surface area (TPSA) is 99.9 Å². The highest BCUT2D eigenvalue weighted by atomic mass is 16.6. The van der Waals surface area contributed by atoms with Gasteiger partial charge in [-0.15, -0.1) is 0 Å². The molecule has 0 radical (unpaired) electrons. The second-order valence-electron chi connectivity index (χ2n) is 4.40. The Morgan fingerprint density at radius 3 is 2.81 bits per heavy atom. The molecule has 0 bridgehead atoms. The summed E-state index contributed by atoms with van der Waals surface area (Å²) in [5, 5.41) is 15.2. The van der Waals surface area contributed by atoms with Crippen molar-refractivity contribution in [1.29, 1.82) is 0 Å². The predicted octanol–water partition coefficient (Wildman–Crippen LogP) is 2.42. The van der Waals surface area contributed by atoms with Crippen LogP contribution in [0.1, 0.15) is 0 Å². The number of rotatable bonds is 3. The zero-order valence-corrected chi connectivity index (χ0v) is 10.9. The molecular weight excluding hydrogens is 270 g/mol. The van der Waals surface area contributed by atoms with Crippen LogP contribution >= 0.6 is 0 Å². The fourth-order valence-corrected chi connectivity index (χ4v) is 2.00. The number of nitrogen functional groups attached to an aromatic ring is 1. The molecule has 0 saturated heterocycles. The minimum absolute atomic E-state index is 0.00417. The molecule has 0 saturated carbocycles. The van der Waals surface area contributed by atoms with Crippen LogP contribution in [-0.2, 0) is 0 Å². The van der Waals surface area contributed by atoms with Gasteiger partial charge in [0.2, 0.25) is 0 Å². The molecule has 0 spiro atoms. The molecule has 2 N–H and O–H groups in total. The fraction of sp³-hybridized carbons (Fsp3) is 0. The first-order valence-electron chi connectivity index (χ1n) is 6.15. The van der Waals surface area contributed by atoms with Crippen molar-refractivity contribution in [3.63, 3.8) is 0 Å². The minimum Gasteiger partial charge on any atom is -0.396 e. The predicted molar refractivity (Wildman–Crippen MR) is 77.9 cm³/mol. The smallest absolute Gasteiger partial charge is 0.271 e. The normalized spacial score (nSPS) is 10.5. The van der Waals surface area contributed by atoms with Crippen LogP contribution in [0.25, 0.3) is 16.9 Å². The van der Waals surface area contributed by atoms with E-state index < -0.39 is 4.92 Å². The third-order valence-electron chi connectivity index (χ3n) is 2.98. The van der Waals surface area contributed by atoms with Gasteiger partial charge in [0.25, 0.3) is 5.69 Å². The third-order valence-corrected chi connectivity index (χ3v) is 2.98. The van der Waals surface area contributed by atoms with Crippen molar-refractivity contribution >= 4 is 11.4 Å². The molecule has 7 heteroatoms. The lowest BCUT2D eigenvalue weighted by Crippen LogP contribution is -1.96. The number of anilines is 1. The molecule has 0 amide bonds. The molecule has 21 heavy (non-hydrogen) atoms. The van der Waals surface area contributed by atoms with E-state index in [0.717, 1.165) is 5.56 Å². The van der Waals surface area contributed by atoms with E-state index in [2.05, 4.69) is 10.1 Å². The van der Waals surface area contributed by atoms with Crippen molar-refractivity contribution in [2.24, 2.45) is 0 Å². The number of aromatic nitrogens is 3. The molecule has 0 fully saturated rings. The largest absolute Gasteiger partial charge is 0.396 e. The minimum atomic E-state index is -0.446. The van der Waals surface area contributed by atoms with Gasteiger partial charge in [0.05, 0.1) is 22.5 Å². The van der Waals surface area contributed by atoms with E-state index >= 15 is 0 Å². The number of benzene rings is 1. The molecule has 104 valence electrons. The van der Waals surface area contributed by atoms with E-state index in [-0.39, 0.29) is 5.69 Å². The zero-order chi connectivity index (χ0) is 14.8. The molecule has 0 atom stereocenters. The van der Waals surface area contributed by atoms with E-state index in [4.69, 9.17) is 5.73 Å². The molecule has 0 aliphatic rings. The number of nitro benzene ring substituents is 1. The quantitative estimate of drug-likeness (QED) is 0.587. The van der Waals surface area contributed by atoms with Gasteiger partial charge in [-0.05, 0) is 18.2 Å². The second kappa shape index (κ2) is 5.04. The van der Waals surface area contributed by atoms with Crippen molar-refractivity contribution in [3.05, 3.63) is 65.1 Å². The second-order valence-corrected chi connectivity index (χ2v) is 4.40. The first-order valence-corrected chi connectivity index (χ1v) is 6.15. The van der Waals surface area contributed by atoms with E-state index in [1.54, 1.807) is 36.8 Å². The molecule has 2 aromatic heterocycles. The number of hydrogen-bond donors (Lipinski definition) is 1. The van der Waals surface area contributed by atoms with E-state index in [9.17, 15) is 10.1 Å². The van der Waals surface area contributed by atoms with Gasteiger partial charge in [-0.2, -0.15) is 5.10 Å². The number of hydrogen-bond acceptors (Lipinski definition) is 5. The molecule has 0 unspecified atom stereocenters. The highest BCUT2D eigenvalue weighted by Crippen LogP contribution is 2.25. The van der Waals surface area contributed by atoms with Crippen LogP contribution in [0.2, 0.25) is 0 Å². The van der Waals surface area contributed by atoms with Crippen molar-refractivity contribution in [2.45, 2.75) is 0 Å². The Morgan fingerprint density at radius 1 is 1.24 bits per heavy atom. The molecule has 3 aromatic rings. The molecule has 0 aliphatic heterocycles. The molecule has 0 aliphatic carbocycles. The van der Waals surface area contributed by atoms with E-state index in [1.807, 2.05) is 6.07 Å². The third kappa shape index (κ3) is 2.44. The van der Waals surface area contributed by atoms with Crippen LogP contribution in [0, 0.1) is 10.1 Å². The first-order chi connectivity index (χ1) is 10.1. The standard InChI is InChI=1S/C14H11N5O2/c15-13-9-18(11-4-1-5-12(7-11)19(20)21)17-14(13)10-3-2-6-16-8-10/h1-9H,15H2. The zero-order valence-electron chi connectivity index (χ0n) is 10.9. The summed E-state index contributed by atoms with van der Waals surface area (Å²) < 4.78 is 1.52. The van der Waals surface area contributed by atoms with Gasteiger partial charge in [0.15, 0.2) is 0 Å². The summed E-state index contributed by atoms with van der Waals surface area (Å²) in [6, 6.07) is 9.85. The number of nitrogens with two attached hydrogens (primary N) is 1. The van der Waals surface area contributed by atoms with Crippen molar-refractivity contribution in [1.82, 2.24) is 14.8 Å². The lowest BCUT2D eigenvalue weighted by atomic mass is 10.2. The number of pyridine rings is 1. The maximum Gasteiger partial charge on any atom is 0.271 e. The Bertz CT molecular complexity index is 798. The van der Waals surface area contributed by atoms with Gasteiger partial charge in [0, 0.05) is 30.1 Å². The van der Waals surface area contributed by atoms with Gasteiger partial charge in [-0.25, -0.2) is 4.68 Å². The first kappa shape index (κ1) is 12.8. The van der Waals surface area contributed by atoms with Crippen LogP contribution in [0.15, 0.2) is 55.0 Å². The number of non-ortho nitro benzene ring substituents is 1. The van der Waals surface area contributed by atoms with Crippen LogP contribution in [-0.4, -0.2) is 19.7 Å². The Balaban J connectivity index is 2.05. The van der Waals surface area contributed by atoms with Crippen LogP contribution in [0.4, 0.5) is 11.4 Å². The lowest BCUT2D eigenvalue weighted by Gasteiger charge is -2.00.